The van der Waals surface area contributed by atoms with Crippen molar-refractivity contribution >= 4 is 0 Å². The lowest BCUT2D eigenvalue weighted by Gasteiger charge is -2.11. The minimum atomic E-state index is 0.643. The van der Waals surface area contributed by atoms with Crippen molar-refractivity contribution in [2.45, 2.75) is 38.6 Å². The number of unbranched alkanes of at least 4 members (excludes halogenated alkanes) is 1. The van der Waals surface area contributed by atoms with E-state index in [2.05, 4.69) is 19.2 Å². The highest BCUT2D eigenvalue weighted by Gasteiger charge is 1.99. The molecule has 1 unspecified atom stereocenters. The Hall–Kier alpha value is -0.0400. The van der Waals surface area contributed by atoms with E-state index in [-0.39, 0.29) is 0 Å². The Morgan fingerprint density at radius 2 is 2.22 bits per heavy atom. The van der Waals surface area contributed by atoms with Gasteiger partial charge in [0.2, 0.25) is 0 Å². The Balaban J connectivity index is 3.09. The van der Waals surface area contributed by atoms with Gasteiger partial charge in [0.1, 0.15) is 0 Å². The fourth-order valence-electron chi connectivity index (χ4n) is 0.884. The van der Waals surface area contributed by atoms with Crippen molar-refractivity contribution in [3.63, 3.8) is 0 Å². The summed E-state index contributed by atoms with van der Waals surface area (Å²) in [6.45, 7) is 6.07. The average molecular weight is 128 g/mol. The maximum atomic E-state index is 3.85. The molecule has 0 aromatic carbocycles. The minimum absolute atomic E-state index is 0.643. The van der Waals surface area contributed by atoms with Gasteiger partial charge in [0.25, 0.3) is 0 Å². The molecule has 0 aliphatic heterocycles. The molecule has 0 rings (SSSR count). The van der Waals surface area contributed by atoms with Crippen LogP contribution in [0.2, 0.25) is 0 Å². The van der Waals surface area contributed by atoms with Crippen LogP contribution >= 0.6 is 0 Å². The van der Waals surface area contributed by atoms with Gasteiger partial charge in [0.15, 0.2) is 0 Å². The molecule has 1 radical (unpaired) electrons. The smallest absolute Gasteiger partial charge is 0.00640 e. The van der Waals surface area contributed by atoms with Gasteiger partial charge in [0, 0.05) is 6.04 Å². The molecule has 0 aliphatic carbocycles. The Kier molecular flexibility index (Phi) is 6.06. The van der Waals surface area contributed by atoms with Crippen molar-refractivity contribution in [1.82, 2.24) is 5.32 Å². The van der Waals surface area contributed by atoms with Crippen molar-refractivity contribution in [3.05, 3.63) is 6.92 Å². The molecule has 0 saturated heterocycles. The predicted octanol–water partition coefficient (Wildman–Crippen LogP) is 1.99. The first-order valence-electron chi connectivity index (χ1n) is 3.81. The highest BCUT2D eigenvalue weighted by atomic mass is 14.9. The number of nitrogens with one attached hydrogen (secondary N) is 1. The minimum Gasteiger partial charge on any atom is -0.317 e. The van der Waals surface area contributed by atoms with Gasteiger partial charge in [-0.15, -0.1) is 0 Å². The van der Waals surface area contributed by atoms with Gasteiger partial charge >= 0.3 is 0 Å². The third-order valence-electron chi connectivity index (χ3n) is 1.66. The van der Waals surface area contributed by atoms with Crippen LogP contribution in [0.1, 0.15) is 32.6 Å². The lowest BCUT2D eigenvalue weighted by Crippen LogP contribution is -2.23. The first-order chi connectivity index (χ1) is 4.35. The standard InChI is InChI=1S/C8H18N/c1-4-6-7-8(5-2)9-3/h8-9H,2,4-7H2,1,3H3. The second-order valence-corrected chi connectivity index (χ2v) is 2.42. The molecule has 1 atom stereocenters. The van der Waals surface area contributed by atoms with Gasteiger partial charge in [-0.25, -0.2) is 0 Å². The zero-order valence-corrected chi connectivity index (χ0v) is 6.61. The molecule has 1 N–H and O–H groups in total. The normalized spacial score (nSPS) is 13.7. The van der Waals surface area contributed by atoms with E-state index in [1.807, 2.05) is 7.05 Å². The molecule has 0 heterocycles. The van der Waals surface area contributed by atoms with Gasteiger partial charge in [-0.3, -0.25) is 0 Å². The van der Waals surface area contributed by atoms with Crippen LogP contribution in [-0.4, -0.2) is 13.1 Å². The molecule has 9 heavy (non-hydrogen) atoms. The van der Waals surface area contributed by atoms with E-state index < -0.39 is 0 Å². The quantitative estimate of drug-likeness (QED) is 0.597. The van der Waals surface area contributed by atoms with Gasteiger partial charge in [-0.2, -0.15) is 0 Å². The zero-order valence-electron chi connectivity index (χ0n) is 6.61. The molecule has 0 saturated carbocycles. The van der Waals surface area contributed by atoms with Crippen molar-refractivity contribution in [3.8, 4) is 0 Å². The summed E-state index contributed by atoms with van der Waals surface area (Å²) < 4.78 is 0. The van der Waals surface area contributed by atoms with Gasteiger partial charge in [-0.05, 0) is 19.9 Å². The van der Waals surface area contributed by atoms with Crippen LogP contribution < -0.4 is 5.32 Å². The Bertz CT molecular complexity index is 48.5. The third kappa shape index (κ3) is 4.46. The van der Waals surface area contributed by atoms with Crippen LogP contribution in [0.25, 0.3) is 0 Å². The molecule has 55 valence electrons. The maximum absolute atomic E-state index is 3.85. The van der Waals surface area contributed by atoms with Crippen molar-refractivity contribution in [1.29, 1.82) is 0 Å². The molecular weight excluding hydrogens is 110 g/mol. The van der Waals surface area contributed by atoms with E-state index in [1.54, 1.807) is 0 Å². The summed E-state index contributed by atoms with van der Waals surface area (Å²) in [6, 6.07) is 0.643. The highest BCUT2D eigenvalue weighted by molar-refractivity contribution is 4.64. The average Bonchev–Trinajstić information content (AvgIpc) is 1.91. The first kappa shape index (κ1) is 8.96. The monoisotopic (exact) mass is 128 g/mol. The molecule has 1 heteroatoms. The zero-order chi connectivity index (χ0) is 7.11. The van der Waals surface area contributed by atoms with Crippen molar-refractivity contribution in [2.75, 3.05) is 7.05 Å². The van der Waals surface area contributed by atoms with Crippen LogP contribution in [0.3, 0.4) is 0 Å². The summed E-state index contributed by atoms with van der Waals surface area (Å²) >= 11 is 0. The topological polar surface area (TPSA) is 12.0 Å². The van der Waals surface area contributed by atoms with Crippen LogP contribution in [0.15, 0.2) is 0 Å². The summed E-state index contributed by atoms with van der Waals surface area (Å²) in [4.78, 5) is 0. The summed E-state index contributed by atoms with van der Waals surface area (Å²) in [5.41, 5.74) is 0. The second-order valence-electron chi connectivity index (χ2n) is 2.42. The summed E-state index contributed by atoms with van der Waals surface area (Å²) in [5.74, 6) is 0. The van der Waals surface area contributed by atoms with E-state index in [4.69, 9.17) is 0 Å². The molecule has 0 aliphatic rings. The van der Waals surface area contributed by atoms with E-state index in [0.717, 1.165) is 6.42 Å². The van der Waals surface area contributed by atoms with Gasteiger partial charge in [0.05, 0.1) is 0 Å². The van der Waals surface area contributed by atoms with Crippen molar-refractivity contribution < 1.29 is 0 Å². The molecule has 0 spiro atoms. The lowest BCUT2D eigenvalue weighted by molar-refractivity contribution is 0.504. The first-order valence-corrected chi connectivity index (χ1v) is 3.81. The van der Waals surface area contributed by atoms with E-state index in [1.165, 1.54) is 19.3 Å². The third-order valence-corrected chi connectivity index (χ3v) is 1.66. The van der Waals surface area contributed by atoms with Gasteiger partial charge < -0.3 is 5.32 Å². The fourth-order valence-corrected chi connectivity index (χ4v) is 0.884. The van der Waals surface area contributed by atoms with E-state index >= 15 is 0 Å². The lowest BCUT2D eigenvalue weighted by atomic mass is 10.1. The Labute approximate surface area is 58.8 Å². The largest absolute Gasteiger partial charge is 0.317 e. The molecular formula is C8H18N. The highest BCUT2D eigenvalue weighted by Crippen LogP contribution is 2.01. The van der Waals surface area contributed by atoms with Crippen LogP contribution in [0.4, 0.5) is 0 Å². The molecule has 0 bridgehead atoms. The van der Waals surface area contributed by atoms with E-state index in [0.29, 0.717) is 6.04 Å². The molecule has 0 aromatic heterocycles. The molecule has 0 fully saturated rings. The SMILES string of the molecule is [CH2]CC(CCCC)NC. The number of hydrogen-bond acceptors (Lipinski definition) is 1. The number of rotatable bonds is 5. The fraction of sp³-hybridized carbons (Fsp3) is 0.875. The Morgan fingerprint density at radius 3 is 2.56 bits per heavy atom. The summed E-state index contributed by atoms with van der Waals surface area (Å²) in [7, 11) is 2.01. The van der Waals surface area contributed by atoms with Gasteiger partial charge in [-0.1, -0.05) is 26.7 Å². The van der Waals surface area contributed by atoms with E-state index in [9.17, 15) is 0 Å². The Morgan fingerprint density at radius 1 is 1.56 bits per heavy atom. The van der Waals surface area contributed by atoms with Crippen molar-refractivity contribution in [2.24, 2.45) is 0 Å². The second kappa shape index (κ2) is 6.09. The molecule has 0 aromatic rings. The summed E-state index contributed by atoms with van der Waals surface area (Å²) in [6.07, 6.45) is 4.90. The maximum Gasteiger partial charge on any atom is 0.00640 e. The van der Waals surface area contributed by atoms with Crippen LogP contribution in [-0.2, 0) is 0 Å². The molecule has 1 nitrogen and oxygen atoms in total. The van der Waals surface area contributed by atoms with Crippen LogP contribution in [0, 0.1) is 6.92 Å². The molecule has 0 amide bonds. The van der Waals surface area contributed by atoms with Crippen LogP contribution in [0.5, 0.6) is 0 Å². The summed E-state index contributed by atoms with van der Waals surface area (Å²) in [5, 5.41) is 3.22. The predicted molar refractivity (Wildman–Crippen MR) is 42.3 cm³/mol. The number of hydrogen-bond donors (Lipinski definition) is 1.